The van der Waals surface area contributed by atoms with Crippen LogP contribution in [0.25, 0.3) is 0 Å². The van der Waals surface area contributed by atoms with Gasteiger partial charge in [-0.1, -0.05) is 5.21 Å². The molecule has 0 spiro atoms. The number of aromatic amines is 1. The molecule has 1 atom stereocenters. The Bertz CT molecular complexity index is 625. The van der Waals surface area contributed by atoms with Crippen molar-refractivity contribution in [1.82, 2.24) is 30.9 Å². The van der Waals surface area contributed by atoms with Crippen molar-refractivity contribution in [3.05, 3.63) is 35.9 Å². The van der Waals surface area contributed by atoms with Gasteiger partial charge in [0.05, 0.1) is 11.7 Å². The van der Waals surface area contributed by atoms with Gasteiger partial charge in [-0.3, -0.25) is 9.78 Å². The smallest absolute Gasteiger partial charge is 0.252 e. The van der Waals surface area contributed by atoms with Crippen molar-refractivity contribution < 1.29 is 9.53 Å². The van der Waals surface area contributed by atoms with Gasteiger partial charge in [-0.25, -0.2) is 0 Å². The van der Waals surface area contributed by atoms with Crippen LogP contribution in [0.3, 0.4) is 0 Å². The van der Waals surface area contributed by atoms with E-state index in [-0.39, 0.29) is 18.1 Å². The van der Waals surface area contributed by atoms with Crippen LogP contribution in [0.15, 0.2) is 24.5 Å². The molecule has 1 unspecified atom stereocenters. The summed E-state index contributed by atoms with van der Waals surface area (Å²) < 4.78 is 6.00. The molecule has 0 aromatic carbocycles. The normalized spacial score (nSPS) is 22.0. The number of pyridine rings is 1. The van der Waals surface area contributed by atoms with E-state index in [1.807, 2.05) is 6.92 Å². The number of rotatable bonds is 6. The molecule has 3 rings (SSSR count). The zero-order chi connectivity index (χ0) is 16.8. The first-order valence-electron chi connectivity index (χ1n) is 8.29. The number of hydrogen-bond donors (Lipinski definition) is 2. The fourth-order valence-electron chi connectivity index (χ4n) is 3.00. The highest BCUT2D eigenvalue weighted by Gasteiger charge is 2.25. The maximum atomic E-state index is 12.0. The highest BCUT2D eigenvalue weighted by atomic mass is 16.5. The second-order valence-electron chi connectivity index (χ2n) is 6.14. The minimum Gasteiger partial charge on any atom is -0.367 e. The third kappa shape index (κ3) is 4.35. The molecule has 0 radical (unpaired) electrons. The number of ether oxygens (including phenoxy) is 1. The summed E-state index contributed by atoms with van der Waals surface area (Å²) in [6.07, 6.45) is 7.34. The molecule has 0 saturated heterocycles. The summed E-state index contributed by atoms with van der Waals surface area (Å²) in [5.41, 5.74) is 0.600. The Hall–Kier alpha value is -2.35. The third-order valence-electron chi connectivity index (χ3n) is 4.39. The lowest BCUT2D eigenvalue weighted by Crippen LogP contribution is -2.33. The predicted octanol–water partition coefficient (Wildman–Crippen LogP) is 1.66. The molecule has 2 aromatic rings. The predicted molar refractivity (Wildman–Crippen MR) is 86.0 cm³/mol. The molecule has 0 aliphatic heterocycles. The van der Waals surface area contributed by atoms with Gasteiger partial charge in [0.15, 0.2) is 0 Å². The number of carbonyl (C=O) groups excluding carboxylic acids is 1. The van der Waals surface area contributed by atoms with Crippen LogP contribution in [0.1, 0.15) is 54.9 Å². The minimum absolute atomic E-state index is 0.0628. The van der Waals surface area contributed by atoms with E-state index < -0.39 is 0 Å². The summed E-state index contributed by atoms with van der Waals surface area (Å²) in [6.45, 7) is 2.63. The quantitative estimate of drug-likeness (QED) is 0.834. The van der Waals surface area contributed by atoms with Crippen molar-refractivity contribution in [2.24, 2.45) is 5.92 Å². The Balaban J connectivity index is 1.38. The molecule has 8 nitrogen and oxygen atoms in total. The average molecular weight is 330 g/mol. The van der Waals surface area contributed by atoms with Gasteiger partial charge in [0.2, 0.25) is 5.82 Å². The number of amides is 1. The van der Waals surface area contributed by atoms with E-state index in [2.05, 4.69) is 30.9 Å². The van der Waals surface area contributed by atoms with E-state index in [9.17, 15) is 4.79 Å². The minimum atomic E-state index is -0.157. The van der Waals surface area contributed by atoms with Crippen LogP contribution in [0.2, 0.25) is 0 Å². The van der Waals surface area contributed by atoms with Crippen LogP contribution in [0.4, 0.5) is 0 Å². The Labute approximate surface area is 140 Å². The van der Waals surface area contributed by atoms with Crippen LogP contribution in [-0.4, -0.2) is 44.2 Å². The zero-order valence-corrected chi connectivity index (χ0v) is 13.7. The number of tetrazole rings is 1. The van der Waals surface area contributed by atoms with Crippen LogP contribution in [-0.2, 0) is 4.74 Å². The van der Waals surface area contributed by atoms with Crippen molar-refractivity contribution in [1.29, 1.82) is 0 Å². The lowest BCUT2D eigenvalue weighted by molar-refractivity contribution is -0.0330. The lowest BCUT2D eigenvalue weighted by atomic mass is 9.87. The molecular formula is C16H22N6O2. The summed E-state index contributed by atoms with van der Waals surface area (Å²) in [6, 6.07) is 3.54. The molecule has 24 heavy (non-hydrogen) atoms. The second kappa shape index (κ2) is 7.96. The van der Waals surface area contributed by atoms with E-state index >= 15 is 0 Å². The molecule has 1 saturated carbocycles. The average Bonchev–Trinajstić information content (AvgIpc) is 3.16. The van der Waals surface area contributed by atoms with Crippen LogP contribution in [0, 0.1) is 5.92 Å². The molecule has 1 fully saturated rings. The highest BCUT2D eigenvalue weighted by Crippen LogP contribution is 2.28. The van der Waals surface area contributed by atoms with Crippen LogP contribution in [0.5, 0.6) is 0 Å². The summed E-state index contributed by atoms with van der Waals surface area (Å²) >= 11 is 0. The number of hydrogen-bond acceptors (Lipinski definition) is 6. The first-order chi connectivity index (χ1) is 11.7. The Morgan fingerprint density at radius 1 is 1.42 bits per heavy atom. The Morgan fingerprint density at radius 3 is 2.92 bits per heavy atom. The molecule has 2 N–H and O–H groups in total. The maximum absolute atomic E-state index is 12.0. The van der Waals surface area contributed by atoms with Gasteiger partial charge in [-0.2, -0.15) is 5.21 Å². The SMILES string of the molecule is CC(OC1CCC(CNC(=O)c2cccnc2)CC1)c1nn[nH]n1. The van der Waals surface area contributed by atoms with E-state index in [0.717, 1.165) is 25.7 Å². The number of H-pyrrole nitrogens is 1. The Kier molecular flexibility index (Phi) is 5.47. The molecule has 1 aliphatic rings. The van der Waals surface area contributed by atoms with Crippen molar-refractivity contribution in [3.63, 3.8) is 0 Å². The molecule has 8 heteroatoms. The van der Waals surface area contributed by atoms with Gasteiger partial charge in [-0.05, 0) is 50.7 Å². The van der Waals surface area contributed by atoms with Gasteiger partial charge in [0.25, 0.3) is 5.91 Å². The lowest BCUT2D eigenvalue weighted by Gasteiger charge is -2.30. The van der Waals surface area contributed by atoms with Gasteiger partial charge in [0, 0.05) is 18.9 Å². The maximum Gasteiger partial charge on any atom is 0.252 e. The largest absolute Gasteiger partial charge is 0.367 e. The van der Waals surface area contributed by atoms with Gasteiger partial charge in [-0.15, -0.1) is 10.2 Å². The molecule has 1 amide bonds. The summed E-state index contributed by atoms with van der Waals surface area (Å²) in [5, 5.41) is 16.9. The van der Waals surface area contributed by atoms with Crippen molar-refractivity contribution in [2.75, 3.05) is 6.54 Å². The fourth-order valence-corrected chi connectivity index (χ4v) is 3.00. The van der Waals surface area contributed by atoms with E-state index in [0.29, 0.717) is 23.9 Å². The topological polar surface area (TPSA) is 106 Å². The molecule has 1 aliphatic carbocycles. The van der Waals surface area contributed by atoms with E-state index in [1.165, 1.54) is 0 Å². The van der Waals surface area contributed by atoms with Gasteiger partial charge < -0.3 is 10.1 Å². The zero-order valence-electron chi connectivity index (χ0n) is 13.7. The monoisotopic (exact) mass is 330 g/mol. The first kappa shape index (κ1) is 16.5. The summed E-state index contributed by atoms with van der Waals surface area (Å²) in [5.74, 6) is 1.01. The molecule has 0 bridgehead atoms. The van der Waals surface area contributed by atoms with Gasteiger partial charge in [0.1, 0.15) is 6.10 Å². The molecule has 2 heterocycles. The van der Waals surface area contributed by atoms with Crippen molar-refractivity contribution in [2.45, 2.75) is 44.8 Å². The first-order valence-corrected chi connectivity index (χ1v) is 8.29. The standard InChI is InChI=1S/C16H22N6O2/c1-11(15-19-21-22-20-15)24-14-6-4-12(5-7-14)9-18-16(23)13-3-2-8-17-10-13/h2-3,8,10-12,14H,4-7,9H2,1H3,(H,18,23)(H,19,20,21,22). The third-order valence-corrected chi connectivity index (χ3v) is 4.39. The number of nitrogens with zero attached hydrogens (tertiary/aromatic N) is 4. The Morgan fingerprint density at radius 2 is 2.25 bits per heavy atom. The number of nitrogens with one attached hydrogen (secondary N) is 2. The molecule has 128 valence electrons. The van der Waals surface area contributed by atoms with Crippen LogP contribution < -0.4 is 5.32 Å². The van der Waals surface area contributed by atoms with Gasteiger partial charge >= 0.3 is 0 Å². The van der Waals surface area contributed by atoms with Crippen molar-refractivity contribution >= 4 is 5.91 Å². The van der Waals surface area contributed by atoms with E-state index in [1.54, 1.807) is 24.5 Å². The van der Waals surface area contributed by atoms with Crippen molar-refractivity contribution in [3.8, 4) is 0 Å². The summed E-state index contributed by atoms with van der Waals surface area (Å²) in [4.78, 5) is 16.0. The van der Waals surface area contributed by atoms with E-state index in [4.69, 9.17) is 4.74 Å². The van der Waals surface area contributed by atoms with Crippen LogP contribution >= 0.6 is 0 Å². The fraction of sp³-hybridized carbons (Fsp3) is 0.562. The highest BCUT2D eigenvalue weighted by molar-refractivity contribution is 5.93. The summed E-state index contributed by atoms with van der Waals surface area (Å²) in [7, 11) is 0. The number of aromatic nitrogens is 5. The second-order valence-corrected chi connectivity index (χ2v) is 6.14. The molecule has 2 aromatic heterocycles. The number of carbonyl (C=O) groups is 1. The molecular weight excluding hydrogens is 308 g/mol.